The molecule has 5 nitrogen and oxygen atoms in total. The monoisotopic (exact) mass is 283 g/mol. The first kappa shape index (κ1) is 15.3. The Balaban J connectivity index is 2.69. The van der Waals surface area contributed by atoms with Gasteiger partial charge >= 0.3 is 0 Å². The van der Waals surface area contributed by atoms with E-state index in [0.717, 1.165) is 5.69 Å². The Morgan fingerprint density at radius 2 is 2.05 bits per heavy atom. The van der Waals surface area contributed by atoms with Crippen LogP contribution in [0.15, 0.2) is 18.2 Å². The lowest BCUT2D eigenvalue weighted by molar-refractivity contribution is -0.120. The molecular weight excluding hydrogens is 266 g/mol. The molecule has 0 aliphatic carbocycles. The highest BCUT2D eigenvalue weighted by Gasteiger charge is 2.11. The molecule has 3 N–H and O–H groups in total. The molecule has 0 bridgehead atoms. The number of benzene rings is 1. The maximum atomic E-state index is 12.0. The Kier molecular flexibility index (Phi) is 6.15. The Hall–Kier alpha value is -1.75. The third kappa shape index (κ3) is 4.79. The van der Waals surface area contributed by atoms with Crippen LogP contribution in [0.2, 0.25) is 5.02 Å². The SMILES string of the molecule is CCNc1ccc(Cl)cc1C(=O)NCCC(=O)NC. The summed E-state index contributed by atoms with van der Waals surface area (Å²) in [6, 6.07) is 5.09. The van der Waals surface area contributed by atoms with Crippen molar-refractivity contribution in [3.63, 3.8) is 0 Å². The average Bonchev–Trinajstić information content (AvgIpc) is 2.40. The van der Waals surface area contributed by atoms with Crippen molar-refractivity contribution in [1.29, 1.82) is 0 Å². The Labute approximate surface area is 117 Å². The number of carbonyl (C=O) groups is 2. The van der Waals surface area contributed by atoms with Crippen molar-refractivity contribution in [2.45, 2.75) is 13.3 Å². The first-order valence-electron chi connectivity index (χ1n) is 6.10. The van der Waals surface area contributed by atoms with Crippen LogP contribution in [-0.4, -0.2) is 32.0 Å². The van der Waals surface area contributed by atoms with Crippen molar-refractivity contribution in [1.82, 2.24) is 10.6 Å². The predicted octanol–water partition coefficient (Wildman–Crippen LogP) is 1.64. The van der Waals surface area contributed by atoms with Gasteiger partial charge in [-0.3, -0.25) is 9.59 Å². The third-order valence-electron chi connectivity index (χ3n) is 2.51. The number of rotatable bonds is 6. The van der Waals surface area contributed by atoms with Gasteiger partial charge in [0.05, 0.1) is 5.56 Å². The molecule has 0 fully saturated rings. The van der Waals surface area contributed by atoms with Gasteiger partial charge < -0.3 is 16.0 Å². The predicted molar refractivity (Wildman–Crippen MR) is 76.6 cm³/mol. The Bertz CT molecular complexity index is 463. The van der Waals surface area contributed by atoms with Gasteiger partial charge in [-0.25, -0.2) is 0 Å². The standard InChI is InChI=1S/C13H18ClN3O2/c1-3-16-11-5-4-9(14)8-10(11)13(19)17-7-6-12(18)15-2/h4-5,8,16H,3,6-7H2,1-2H3,(H,15,18)(H,17,19). The summed E-state index contributed by atoms with van der Waals surface area (Å²) in [7, 11) is 1.56. The third-order valence-corrected chi connectivity index (χ3v) is 2.75. The summed E-state index contributed by atoms with van der Waals surface area (Å²) in [5.41, 5.74) is 1.20. The van der Waals surface area contributed by atoms with Gasteiger partial charge in [-0.15, -0.1) is 0 Å². The number of nitrogens with one attached hydrogen (secondary N) is 3. The van der Waals surface area contributed by atoms with Gasteiger partial charge in [-0.05, 0) is 25.1 Å². The minimum atomic E-state index is -0.248. The number of amides is 2. The van der Waals surface area contributed by atoms with Crippen molar-refractivity contribution in [3.05, 3.63) is 28.8 Å². The number of halogens is 1. The molecule has 0 heterocycles. The van der Waals surface area contributed by atoms with Gasteiger partial charge in [0.2, 0.25) is 5.91 Å². The van der Waals surface area contributed by atoms with Crippen molar-refractivity contribution in [2.75, 3.05) is 25.5 Å². The van der Waals surface area contributed by atoms with E-state index in [-0.39, 0.29) is 24.8 Å². The fourth-order valence-electron chi connectivity index (χ4n) is 1.56. The number of anilines is 1. The first-order chi connectivity index (χ1) is 9.08. The normalized spacial score (nSPS) is 9.84. The Morgan fingerprint density at radius 1 is 1.32 bits per heavy atom. The van der Waals surface area contributed by atoms with Crippen molar-refractivity contribution < 1.29 is 9.59 Å². The van der Waals surface area contributed by atoms with Gasteiger partial charge in [0.15, 0.2) is 0 Å². The van der Waals surface area contributed by atoms with Crippen LogP contribution in [0, 0.1) is 0 Å². The molecule has 1 aromatic rings. The zero-order chi connectivity index (χ0) is 14.3. The lowest BCUT2D eigenvalue weighted by Crippen LogP contribution is -2.29. The Morgan fingerprint density at radius 3 is 2.68 bits per heavy atom. The molecule has 104 valence electrons. The van der Waals surface area contributed by atoms with E-state index in [1.54, 1.807) is 25.2 Å². The van der Waals surface area contributed by atoms with E-state index in [1.807, 2.05) is 6.92 Å². The van der Waals surface area contributed by atoms with Crippen LogP contribution in [0.5, 0.6) is 0 Å². The summed E-state index contributed by atoms with van der Waals surface area (Å²) < 4.78 is 0. The summed E-state index contributed by atoms with van der Waals surface area (Å²) in [5, 5.41) is 8.78. The summed E-state index contributed by atoms with van der Waals surface area (Å²) >= 11 is 5.90. The quantitative estimate of drug-likeness (QED) is 0.743. The fourth-order valence-corrected chi connectivity index (χ4v) is 1.73. The zero-order valence-electron chi connectivity index (χ0n) is 11.0. The molecule has 0 aliphatic rings. The molecular formula is C13H18ClN3O2. The van der Waals surface area contributed by atoms with Crippen LogP contribution < -0.4 is 16.0 Å². The number of carbonyl (C=O) groups excluding carboxylic acids is 2. The second-order valence-electron chi connectivity index (χ2n) is 3.90. The molecule has 0 aromatic heterocycles. The van der Waals surface area contributed by atoms with E-state index in [9.17, 15) is 9.59 Å². The highest BCUT2D eigenvalue weighted by atomic mass is 35.5. The highest BCUT2D eigenvalue weighted by Crippen LogP contribution is 2.20. The molecule has 0 atom stereocenters. The molecule has 1 aromatic carbocycles. The molecule has 1 rings (SSSR count). The number of hydrogen-bond donors (Lipinski definition) is 3. The van der Waals surface area contributed by atoms with Gasteiger partial charge in [0.1, 0.15) is 0 Å². The molecule has 2 amide bonds. The number of hydrogen-bond acceptors (Lipinski definition) is 3. The summed E-state index contributed by atoms with van der Waals surface area (Å²) in [6.07, 6.45) is 0.249. The summed E-state index contributed by atoms with van der Waals surface area (Å²) in [6.45, 7) is 2.94. The zero-order valence-corrected chi connectivity index (χ0v) is 11.8. The van der Waals surface area contributed by atoms with Gasteiger partial charge in [0, 0.05) is 37.3 Å². The van der Waals surface area contributed by atoms with Crippen molar-refractivity contribution in [2.24, 2.45) is 0 Å². The smallest absolute Gasteiger partial charge is 0.253 e. The molecule has 0 spiro atoms. The van der Waals surface area contributed by atoms with E-state index in [0.29, 0.717) is 17.1 Å². The minimum Gasteiger partial charge on any atom is -0.385 e. The van der Waals surface area contributed by atoms with Crippen LogP contribution in [0.1, 0.15) is 23.7 Å². The molecule has 6 heteroatoms. The topological polar surface area (TPSA) is 70.2 Å². The lowest BCUT2D eigenvalue weighted by Gasteiger charge is -2.11. The van der Waals surface area contributed by atoms with E-state index in [4.69, 9.17) is 11.6 Å². The van der Waals surface area contributed by atoms with E-state index >= 15 is 0 Å². The second-order valence-corrected chi connectivity index (χ2v) is 4.34. The maximum absolute atomic E-state index is 12.0. The molecule has 0 aliphatic heterocycles. The molecule has 0 unspecified atom stereocenters. The molecule has 0 saturated heterocycles. The van der Waals surface area contributed by atoms with Gasteiger partial charge in [-0.2, -0.15) is 0 Å². The van der Waals surface area contributed by atoms with Crippen LogP contribution >= 0.6 is 11.6 Å². The molecule has 0 radical (unpaired) electrons. The molecule has 19 heavy (non-hydrogen) atoms. The second kappa shape index (κ2) is 7.63. The van der Waals surface area contributed by atoms with Crippen LogP contribution in [0.4, 0.5) is 5.69 Å². The minimum absolute atomic E-state index is 0.113. The van der Waals surface area contributed by atoms with Crippen LogP contribution in [-0.2, 0) is 4.79 Å². The van der Waals surface area contributed by atoms with Crippen molar-refractivity contribution in [3.8, 4) is 0 Å². The van der Waals surface area contributed by atoms with Crippen molar-refractivity contribution >= 4 is 29.1 Å². The highest BCUT2D eigenvalue weighted by molar-refractivity contribution is 6.31. The largest absolute Gasteiger partial charge is 0.385 e. The van der Waals surface area contributed by atoms with E-state index < -0.39 is 0 Å². The lowest BCUT2D eigenvalue weighted by atomic mass is 10.1. The van der Waals surface area contributed by atoms with E-state index in [2.05, 4.69) is 16.0 Å². The van der Waals surface area contributed by atoms with Gasteiger partial charge in [0.25, 0.3) is 5.91 Å². The summed E-state index contributed by atoms with van der Waals surface area (Å²) in [4.78, 5) is 23.1. The average molecular weight is 284 g/mol. The maximum Gasteiger partial charge on any atom is 0.253 e. The fraction of sp³-hybridized carbons (Fsp3) is 0.385. The van der Waals surface area contributed by atoms with Crippen LogP contribution in [0.3, 0.4) is 0 Å². The molecule has 0 saturated carbocycles. The van der Waals surface area contributed by atoms with E-state index in [1.165, 1.54) is 0 Å². The van der Waals surface area contributed by atoms with Gasteiger partial charge in [-0.1, -0.05) is 11.6 Å². The first-order valence-corrected chi connectivity index (χ1v) is 6.48. The summed E-state index contributed by atoms with van der Waals surface area (Å²) in [5.74, 6) is -0.361. The van der Waals surface area contributed by atoms with Crippen LogP contribution in [0.25, 0.3) is 0 Å².